The van der Waals surface area contributed by atoms with Crippen molar-refractivity contribution < 1.29 is 4.79 Å². The number of nitrogens with one attached hydrogen (secondary N) is 2. The highest BCUT2D eigenvalue weighted by molar-refractivity contribution is 6.75. The highest BCUT2D eigenvalue weighted by Crippen LogP contribution is 1.93. The van der Waals surface area contributed by atoms with Gasteiger partial charge in [0, 0.05) is 6.54 Å². The Bertz CT molecular complexity index is 142. The maximum Gasteiger partial charge on any atom is 0.306 e. The summed E-state index contributed by atoms with van der Waals surface area (Å²) in [6, 6.07) is -0.0115. The molecule has 0 aliphatic heterocycles. The normalized spacial score (nSPS) is 11.0. The molecule has 0 aliphatic rings. The summed E-state index contributed by atoms with van der Waals surface area (Å²) in [6.45, 7) is 9.20. The van der Waals surface area contributed by atoms with Crippen LogP contribution in [0.3, 0.4) is 0 Å². The van der Waals surface area contributed by atoms with E-state index in [2.05, 4.69) is 36.9 Å². The second-order valence-electron chi connectivity index (χ2n) is 3.98. The van der Waals surface area contributed by atoms with Crippen LogP contribution < -0.4 is 10.3 Å². The maximum absolute atomic E-state index is 11.1. The summed E-state index contributed by atoms with van der Waals surface area (Å²) in [7, 11) is -1.44. The molecule has 12 heavy (non-hydrogen) atoms. The minimum absolute atomic E-state index is 0.0115. The van der Waals surface area contributed by atoms with Crippen molar-refractivity contribution in [3.05, 3.63) is 0 Å². The van der Waals surface area contributed by atoms with Crippen LogP contribution in [0.25, 0.3) is 0 Å². The number of carbonyl (C=O) groups excluding carboxylic acids is 1. The van der Waals surface area contributed by atoms with Gasteiger partial charge in [0.15, 0.2) is 0 Å². The van der Waals surface area contributed by atoms with E-state index in [0.29, 0.717) is 0 Å². The fraction of sp³-hybridized carbons (Fsp3) is 0.875. The number of rotatable bonds is 4. The molecular formula is C8H20N2OSi. The Balaban J connectivity index is 3.47. The van der Waals surface area contributed by atoms with Gasteiger partial charge in [0.1, 0.15) is 8.24 Å². The van der Waals surface area contributed by atoms with Gasteiger partial charge in [0.05, 0.1) is 0 Å². The molecule has 0 saturated heterocycles. The third-order valence-electron chi connectivity index (χ3n) is 1.30. The summed E-state index contributed by atoms with van der Waals surface area (Å²) >= 11 is 0. The zero-order valence-electron chi connectivity index (χ0n) is 8.53. The smallest absolute Gasteiger partial charge is 0.306 e. The molecule has 0 radical (unpaired) electrons. The van der Waals surface area contributed by atoms with Crippen LogP contribution in [0, 0.1) is 0 Å². The Hall–Kier alpha value is -0.513. The Morgan fingerprint density at radius 2 is 1.92 bits per heavy atom. The molecule has 0 spiro atoms. The molecule has 3 nitrogen and oxygen atoms in total. The van der Waals surface area contributed by atoms with Crippen molar-refractivity contribution in [1.29, 1.82) is 0 Å². The van der Waals surface area contributed by atoms with E-state index in [1.54, 1.807) is 0 Å². The predicted octanol–water partition coefficient (Wildman–Crippen LogP) is 1.92. The van der Waals surface area contributed by atoms with E-state index in [1.165, 1.54) is 0 Å². The quantitative estimate of drug-likeness (QED) is 0.513. The number of hydrogen-bond acceptors (Lipinski definition) is 1. The van der Waals surface area contributed by atoms with E-state index < -0.39 is 8.24 Å². The highest BCUT2D eigenvalue weighted by Gasteiger charge is 2.15. The van der Waals surface area contributed by atoms with Crippen LogP contribution in [0.4, 0.5) is 4.79 Å². The summed E-state index contributed by atoms with van der Waals surface area (Å²) in [5, 5.41) is 2.82. The summed E-state index contributed by atoms with van der Waals surface area (Å²) in [4.78, 5) is 14.1. The molecule has 0 fully saturated rings. The molecule has 0 saturated carbocycles. The molecule has 4 heteroatoms. The van der Waals surface area contributed by atoms with E-state index >= 15 is 0 Å². The third kappa shape index (κ3) is 7.59. The molecule has 0 aromatic heterocycles. The number of unbranched alkanes of at least 4 members (excludes halogenated alkanes) is 1. The van der Waals surface area contributed by atoms with E-state index in [9.17, 15) is 4.79 Å². The van der Waals surface area contributed by atoms with Gasteiger partial charge in [0.25, 0.3) is 0 Å². The standard InChI is InChI=1S/C8H20N2OSi/c1-5-6-7-9-8(11)10-12(2,3)4/h5-7H2,1-4H3,(H2,9,10,11). The lowest BCUT2D eigenvalue weighted by Gasteiger charge is -2.18. The zero-order valence-corrected chi connectivity index (χ0v) is 9.53. The average molecular weight is 188 g/mol. The van der Waals surface area contributed by atoms with Crippen LogP contribution in [0.5, 0.6) is 0 Å². The van der Waals surface area contributed by atoms with Crippen molar-refractivity contribution in [2.45, 2.75) is 39.4 Å². The molecule has 0 unspecified atom stereocenters. The molecule has 0 aromatic rings. The maximum atomic E-state index is 11.1. The Labute approximate surface area is 76.0 Å². The van der Waals surface area contributed by atoms with Crippen molar-refractivity contribution in [2.24, 2.45) is 0 Å². The minimum atomic E-state index is -1.44. The monoisotopic (exact) mass is 188 g/mol. The van der Waals surface area contributed by atoms with Crippen LogP contribution in [0.2, 0.25) is 19.6 Å². The summed E-state index contributed by atoms with van der Waals surface area (Å²) in [5.41, 5.74) is 0. The lowest BCUT2D eigenvalue weighted by Crippen LogP contribution is -2.50. The molecule has 2 N–H and O–H groups in total. The van der Waals surface area contributed by atoms with Gasteiger partial charge in [-0.3, -0.25) is 0 Å². The molecule has 72 valence electrons. The number of urea groups is 1. The van der Waals surface area contributed by atoms with Crippen molar-refractivity contribution in [2.75, 3.05) is 6.54 Å². The first-order valence-corrected chi connectivity index (χ1v) is 8.01. The van der Waals surface area contributed by atoms with E-state index in [-0.39, 0.29) is 6.03 Å². The molecule has 2 amide bonds. The first-order chi connectivity index (χ1) is 5.45. The summed E-state index contributed by atoms with van der Waals surface area (Å²) in [5.74, 6) is 0. The van der Waals surface area contributed by atoms with Gasteiger partial charge in [-0.15, -0.1) is 0 Å². The van der Waals surface area contributed by atoms with Crippen molar-refractivity contribution in [3.8, 4) is 0 Å². The van der Waals surface area contributed by atoms with Crippen LogP contribution in [0.15, 0.2) is 0 Å². The van der Waals surface area contributed by atoms with Crippen LogP contribution >= 0.6 is 0 Å². The highest BCUT2D eigenvalue weighted by atomic mass is 28.3. The topological polar surface area (TPSA) is 41.1 Å². The van der Waals surface area contributed by atoms with Gasteiger partial charge < -0.3 is 10.3 Å². The Morgan fingerprint density at radius 3 is 2.33 bits per heavy atom. The van der Waals surface area contributed by atoms with E-state index in [4.69, 9.17) is 0 Å². The first-order valence-electron chi connectivity index (χ1n) is 4.51. The average Bonchev–Trinajstić information content (AvgIpc) is 1.84. The van der Waals surface area contributed by atoms with Gasteiger partial charge >= 0.3 is 6.03 Å². The second-order valence-corrected chi connectivity index (χ2v) is 8.73. The lowest BCUT2D eigenvalue weighted by atomic mass is 10.3. The van der Waals surface area contributed by atoms with Crippen LogP contribution in [0.1, 0.15) is 19.8 Å². The Kier molecular flexibility index (Phi) is 4.97. The summed E-state index contributed by atoms with van der Waals surface area (Å²) in [6.07, 6.45) is 2.17. The third-order valence-corrected chi connectivity index (χ3v) is 2.28. The van der Waals surface area contributed by atoms with Crippen molar-refractivity contribution in [3.63, 3.8) is 0 Å². The number of carbonyl (C=O) groups is 1. The molecule has 0 rings (SSSR count). The SMILES string of the molecule is CCCCNC(=O)N[Si](C)(C)C. The predicted molar refractivity (Wildman–Crippen MR) is 54.8 cm³/mol. The molecular weight excluding hydrogens is 168 g/mol. The van der Waals surface area contributed by atoms with Crippen molar-refractivity contribution >= 4 is 14.3 Å². The van der Waals surface area contributed by atoms with Gasteiger partial charge in [-0.25, -0.2) is 4.79 Å². The Morgan fingerprint density at radius 1 is 1.33 bits per heavy atom. The van der Waals surface area contributed by atoms with E-state index in [0.717, 1.165) is 19.4 Å². The van der Waals surface area contributed by atoms with Gasteiger partial charge in [-0.05, 0) is 6.42 Å². The largest absolute Gasteiger partial charge is 0.365 e. The fourth-order valence-corrected chi connectivity index (χ4v) is 1.53. The lowest BCUT2D eigenvalue weighted by molar-refractivity contribution is 0.245. The van der Waals surface area contributed by atoms with Gasteiger partial charge in [-0.2, -0.15) is 0 Å². The molecule has 0 bridgehead atoms. The summed E-state index contributed by atoms with van der Waals surface area (Å²) < 4.78 is 0. The van der Waals surface area contributed by atoms with Crippen LogP contribution in [-0.2, 0) is 0 Å². The molecule has 0 heterocycles. The molecule has 0 aliphatic carbocycles. The second kappa shape index (κ2) is 5.19. The van der Waals surface area contributed by atoms with Crippen LogP contribution in [-0.4, -0.2) is 20.8 Å². The fourth-order valence-electron chi connectivity index (χ4n) is 0.763. The zero-order chi connectivity index (χ0) is 9.61. The van der Waals surface area contributed by atoms with Crippen molar-refractivity contribution in [1.82, 2.24) is 10.3 Å². The number of hydrogen-bond donors (Lipinski definition) is 2. The van der Waals surface area contributed by atoms with Gasteiger partial charge in [0.2, 0.25) is 0 Å². The first kappa shape index (κ1) is 11.5. The van der Waals surface area contributed by atoms with Gasteiger partial charge in [-0.1, -0.05) is 33.0 Å². The van der Waals surface area contributed by atoms with E-state index in [1.807, 2.05) is 0 Å². The minimum Gasteiger partial charge on any atom is -0.365 e. The molecule has 0 atom stereocenters. The number of amides is 2. The molecule has 0 aromatic carbocycles.